The molecule has 1 heterocycles. The van der Waals surface area contributed by atoms with Crippen molar-refractivity contribution in [1.82, 2.24) is 4.98 Å². The number of carbonyl (C=O) groups excluding carboxylic acids is 1. The number of anilines is 2. The zero-order valence-electron chi connectivity index (χ0n) is 9.77. The molecule has 0 aliphatic carbocycles. The number of hydrogen-bond acceptors (Lipinski definition) is 3. The van der Waals surface area contributed by atoms with Crippen molar-refractivity contribution in [1.29, 1.82) is 0 Å². The van der Waals surface area contributed by atoms with Gasteiger partial charge in [0, 0.05) is 15.9 Å². The summed E-state index contributed by atoms with van der Waals surface area (Å²) in [5, 5.41) is 2.77. The van der Waals surface area contributed by atoms with Crippen LogP contribution >= 0.6 is 15.9 Å². The highest BCUT2D eigenvalue weighted by atomic mass is 79.9. The molecule has 1 aromatic carbocycles. The van der Waals surface area contributed by atoms with Crippen LogP contribution in [-0.2, 0) is 0 Å². The lowest BCUT2D eigenvalue weighted by atomic mass is 10.2. The third kappa shape index (κ3) is 2.87. The normalized spacial score (nSPS) is 10.1. The summed E-state index contributed by atoms with van der Waals surface area (Å²) in [6.45, 7) is 1.89. The summed E-state index contributed by atoms with van der Waals surface area (Å²) in [5.41, 5.74) is 8.26. The van der Waals surface area contributed by atoms with E-state index in [-0.39, 0.29) is 5.91 Å². The van der Waals surface area contributed by atoms with Crippen molar-refractivity contribution in [3.05, 3.63) is 52.3 Å². The second kappa shape index (κ2) is 5.18. The van der Waals surface area contributed by atoms with Gasteiger partial charge in [-0.1, -0.05) is 0 Å². The number of benzene rings is 1. The Morgan fingerprint density at radius 2 is 2.11 bits per heavy atom. The molecule has 0 saturated carbocycles. The van der Waals surface area contributed by atoms with E-state index in [9.17, 15) is 4.79 Å². The highest BCUT2D eigenvalue weighted by molar-refractivity contribution is 9.10. The van der Waals surface area contributed by atoms with Crippen molar-refractivity contribution >= 4 is 33.2 Å². The van der Waals surface area contributed by atoms with E-state index in [1.165, 1.54) is 0 Å². The average molecular weight is 306 g/mol. The maximum Gasteiger partial charge on any atom is 0.256 e. The van der Waals surface area contributed by atoms with Gasteiger partial charge in [0.2, 0.25) is 0 Å². The fraction of sp³-hybridized carbons (Fsp3) is 0.0769. The summed E-state index contributed by atoms with van der Waals surface area (Å²) >= 11 is 3.32. The van der Waals surface area contributed by atoms with Gasteiger partial charge >= 0.3 is 0 Å². The smallest absolute Gasteiger partial charge is 0.256 e. The molecule has 5 heteroatoms. The van der Waals surface area contributed by atoms with Crippen LogP contribution in [0, 0.1) is 6.92 Å². The number of carbonyl (C=O) groups is 1. The minimum Gasteiger partial charge on any atom is -0.399 e. The molecule has 0 bridgehead atoms. The minimum absolute atomic E-state index is 0.222. The molecule has 0 radical (unpaired) electrons. The summed E-state index contributed by atoms with van der Waals surface area (Å²) in [7, 11) is 0. The van der Waals surface area contributed by atoms with Gasteiger partial charge in [-0.05, 0) is 53.2 Å². The third-order valence-corrected chi connectivity index (χ3v) is 3.10. The summed E-state index contributed by atoms with van der Waals surface area (Å²) in [5.74, 6) is -0.222. The molecule has 0 aliphatic rings. The molecule has 0 fully saturated rings. The van der Waals surface area contributed by atoms with Crippen LogP contribution in [0.15, 0.2) is 41.0 Å². The Balaban J connectivity index is 2.21. The first-order chi connectivity index (χ1) is 8.56. The molecule has 2 aromatic rings. The second-order valence-electron chi connectivity index (χ2n) is 3.88. The van der Waals surface area contributed by atoms with Crippen molar-refractivity contribution in [2.75, 3.05) is 11.1 Å². The summed E-state index contributed by atoms with van der Waals surface area (Å²) < 4.78 is 0.703. The lowest BCUT2D eigenvalue weighted by Gasteiger charge is -2.07. The standard InChI is InChI=1S/C13H12BrN3O/c1-8-2-4-10(7-16-8)17-13(18)11-6-9(15)3-5-12(11)14/h2-7H,15H2,1H3,(H,17,18). The van der Waals surface area contributed by atoms with Crippen LogP contribution in [0.25, 0.3) is 0 Å². The van der Waals surface area contributed by atoms with Crippen LogP contribution in [0.2, 0.25) is 0 Å². The number of nitrogens with two attached hydrogens (primary N) is 1. The molecular weight excluding hydrogens is 294 g/mol. The van der Waals surface area contributed by atoms with Gasteiger partial charge in [-0.2, -0.15) is 0 Å². The predicted molar refractivity (Wildman–Crippen MR) is 75.5 cm³/mol. The van der Waals surface area contributed by atoms with Crippen molar-refractivity contribution < 1.29 is 4.79 Å². The van der Waals surface area contributed by atoms with Gasteiger partial charge in [-0.25, -0.2) is 0 Å². The third-order valence-electron chi connectivity index (χ3n) is 2.40. The van der Waals surface area contributed by atoms with Gasteiger partial charge in [0.25, 0.3) is 5.91 Å². The number of nitrogens with one attached hydrogen (secondary N) is 1. The lowest BCUT2D eigenvalue weighted by molar-refractivity contribution is 0.102. The first-order valence-electron chi connectivity index (χ1n) is 5.35. The van der Waals surface area contributed by atoms with Crippen molar-refractivity contribution in [3.8, 4) is 0 Å². The average Bonchev–Trinajstić information content (AvgIpc) is 2.35. The fourth-order valence-electron chi connectivity index (χ4n) is 1.46. The molecule has 0 atom stereocenters. The largest absolute Gasteiger partial charge is 0.399 e. The van der Waals surface area contributed by atoms with Gasteiger partial charge in [0.1, 0.15) is 0 Å². The van der Waals surface area contributed by atoms with E-state index in [0.29, 0.717) is 21.4 Å². The van der Waals surface area contributed by atoms with Crippen molar-refractivity contribution in [3.63, 3.8) is 0 Å². The number of pyridine rings is 1. The molecule has 4 nitrogen and oxygen atoms in total. The Kier molecular flexibility index (Phi) is 3.62. The number of amides is 1. The van der Waals surface area contributed by atoms with Gasteiger partial charge in [-0.3, -0.25) is 9.78 Å². The molecule has 92 valence electrons. The number of aromatic nitrogens is 1. The van der Waals surface area contributed by atoms with Crippen LogP contribution in [-0.4, -0.2) is 10.9 Å². The molecule has 3 N–H and O–H groups in total. The maximum atomic E-state index is 12.0. The first-order valence-corrected chi connectivity index (χ1v) is 6.14. The van der Waals surface area contributed by atoms with E-state index in [4.69, 9.17) is 5.73 Å². The van der Waals surface area contributed by atoms with Crippen LogP contribution in [0.4, 0.5) is 11.4 Å². The first kappa shape index (κ1) is 12.6. The summed E-state index contributed by atoms with van der Waals surface area (Å²) in [6.07, 6.45) is 1.62. The highest BCUT2D eigenvalue weighted by Crippen LogP contribution is 2.20. The van der Waals surface area contributed by atoms with Gasteiger partial charge in [-0.15, -0.1) is 0 Å². The van der Waals surface area contributed by atoms with Gasteiger partial charge in [0.05, 0.1) is 17.4 Å². The number of rotatable bonds is 2. The lowest BCUT2D eigenvalue weighted by Crippen LogP contribution is -2.13. The Labute approximate surface area is 113 Å². The van der Waals surface area contributed by atoms with Crippen LogP contribution in [0.5, 0.6) is 0 Å². The van der Waals surface area contributed by atoms with E-state index < -0.39 is 0 Å². The monoisotopic (exact) mass is 305 g/mol. The molecule has 1 amide bonds. The maximum absolute atomic E-state index is 12.0. The number of aryl methyl sites for hydroxylation is 1. The Morgan fingerprint density at radius 3 is 2.78 bits per heavy atom. The number of nitrogen functional groups attached to an aromatic ring is 1. The Morgan fingerprint density at radius 1 is 1.33 bits per heavy atom. The van der Waals surface area contributed by atoms with Crippen molar-refractivity contribution in [2.45, 2.75) is 6.92 Å². The molecule has 0 unspecified atom stereocenters. The quantitative estimate of drug-likeness (QED) is 0.838. The summed E-state index contributed by atoms with van der Waals surface area (Å²) in [6, 6.07) is 8.75. The molecule has 0 aliphatic heterocycles. The van der Waals surface area contributed by atoms with E-state index >= 15 is 0 Å². The van der Waals surface area contributed by atoms with Crippen LogP contribution < -0.4 is 11.1 Å². The molecule has 0 spiro atoms. The predicted octanol–water partition coefficient (Wildman–Crippen LogP) is 2.99. The minimum atomic E-state index is -0.222. The molecule has 1 aromatic heterocycles. The number of nitrogens with zero attached hydrogens (tertiary/aromatic N) is 1. The number of hydrogen-bond donors (Lipinski definition) is 2. The molecular formula is C13H12BrN3O. The molecule has 0 saturated heterocycles. The fourth-order valence-corrected chi connectivity index (χ4v) is 1.88. The zero-order chi connectivity index (χ0) is 13.1. The number of halogens is 1. The van der Waals surface area contributed by atoms with Gasteiger partial charge in [0.15, 0.2) is 0 Å². The second-order valence-corrected chi connectivity index (χ2v) is 4.74. The Hall–Kier alpha value is -1.88. The van der Waals surface area contributed by atoms with E-state index in [2.05, 4.69) is 26.2 Å². The van der Waals surface area contributed by atoms with E-state index in [1.807, 2.05) is 13.0 Å². The molecule has 2 rings (SSSR count). The topological polar surface area (TPSA) is 68.0 Å². The van der Waals surface area contributed by atoms with Crippen molar-refractivity contribution in [2.24, 2.45) is 0 Å². The van der Waals surface area contributed by atoms with Gasteiger partial charge < -0.3 is 11.1 Å². The summed E-state index contributed by atoms with van der Waals surface area (Å²) in [4.78, 5) is 16.2. The van der Waals surface area contributed by atoms with E-state index in [1.54, 1.807) is 30.5 Å². The van der Waals surface area contributed by atoms with E-state index in [0.717, 1.165) is 5.69 Å². The highest BCUT2D eigenvalue weighted by Gasteiger charge is 2.10. The molecule has 18 heavy (non-hydrogen) atoms. The zero-order valence-corrected chi connectivity index (χ0v) is 11.4. The van der Waals surface area contributed by atoms with Crippen LogP contribution in [0.1, 0.15) is 16.1 Å². The SMILES string of the molecule is Cc1ccc(NC(=O)c2cc(N)ccc2Br)cn1. The Bertz CT molecular complexity index is 581. The van der Waals surface area contributed by atoms with Crippen LogP contribution in [0.3, 0.4) is 0 Å².